The van der Waals surface area contributed by atoms with Crippen LogP contribution in [0.5, 0.6) is 0 Å². The molecular formula is C42H55N9O11S2. The van der Waals surface area contributed by atoms with Gasteiger partial charge in [0.05, 0.1) is 22.3 Å². The quantitative estimate of drug-likeness (QED) is 0.130. The number of thioether (sulfide) groups is 1. The van der Waals surface area contributed by atoms with Crippen molar-refractivity contribution in [3.63, 3.8) is 0 Å². The Morgan fingerprint density at radius 1 is 0.859 bits per heavy atom. The molecule has 0 saturated carbocycles. The average molecular weight is 926 g/mol. The van der Waals surface area contributed by atoms with E-state index in [1.54, 1.807) is 30.3 Å². The van der Waals surface area contributed by atoms with Crippen LogP contribution in [0.3, 0.4) is 0 Å². The van der Waals surface area contributed by atoms with Gasteiger partial charge in [-0.05, 0) is 62.5 Å². The molecular weight excluding hydrogens is 871 g/mol. The maximum atomic E-state index is 14.1. The lowest BCUT2D eigenvalue weighted by Crippen LogP contribution is -2.56. The third kappa shape index (κ3) is 15.8. The molecule has 1 aliphatic rings. The molecule has 0 radical (unpaired) electrons. The highest BCUT2D eigenvalue weighted by molar-refractivity contribution is 7.99. The van der Waals surface area contributed by atoms with Gasteiger partial charge in [-0.3, -0.25) is 47.9 Å². The van der Waals surface area contributed by atoms with Crippen molar-refractivity contribution in [1.82, 2.24) is 36.5 Å². The Kier molecular flexibility index (Phi) is 19.3. The molecule has 2 aromatic heterocycles. The van der Waals surface area contributed by atoms with Crippen LogP contribution in [-0.4, -0.2) is 111 Å². The van der Waals surface area contributed by atoms with E-state index in [1.807, 2.05) is 22.2 Å². The third-order valence-electron chi connectivity index (χ3n) is 10.4. The van der Waals surface area contributed by atoms with Gasteiger partial charge in [-0.25, -0.2) is 0 Å². The molecule has 4 rings (SSSR count). The molecule has 346 valence electrons. The minimum Gasteiger partial charge on any atom is -0.481 e. The van der Waals surface area contributed by atoms with Gasteiger partial charge in [0.25, 0.3) is 0 Å². The number of carbonyl (C=O) groups is 10. The molecule has 0 aliphatic carbocycles. The van der Waals surface area contributed by atoms with Gasteiger partial charge >= 0.3 is 5.97 Å². The first-order valence-electron chi connectivity index (χ1n) is 20.7. The number of primary amides is 2. The highest BCUT2D eigenvalue weighted by Gasteiger charge is 2.33. The number of nitrogens with one attached hydrogen (secondary N) is 6. The van der Waals surface area contributed by atoms with Gasteiger partial charge < -0.3 is 53.0 Å². The predicted molar refractivity (Wildman–Crippen MR) is 236 cm³/mol. The number of thiophene rings is 1. The minimum atomic E-state index is -1.47. The SMILES string of the molecule is CC(=O)N[C@H]1CCCCn2cc3sccc3c2SC[C@@H](C(N)=O)NC(=O)[C@H](CCC(N)=O)CC(=O)[C@H](Cc2ccccc2)NC(=O)[C@H](C)NC(=O)[C@H](CCC(=O)O)NC(=O)CNC1=O. The molecule has 3 aromatic rings. The average Bonchev–Trinajstić information content (AvgIpc) is 3.83. The van der Waals surface area contributed by atoms with Crippen LogP contribution >= 0.6 is 23.1 Å². The number of benzene rings is 1. The fraction of sp³-hybridized carbons (Fsp3) is 0.476. The highest BCUT2D eigenvalue weighted by atomic mass is 32.2. The molecule has 8 amide bonds. The molecule has 22 heteroatoms. The Morgan fingerprint density at radius 3 is 2.27 bits per heavy atom. The van der Waals surface area contributed by atoms with Crippen LogP contribution in [0.25, 0.3) is 10.1 Å². The summed E-state index contributed by atoms with van der Waals surface area (Å²) in [6.07, 6.45) is 1.20. The highest BCUT2D eigenvalue weighted by Crippen LogP contribution is 2.34. The van der Waals surface area contributed by atoms with Crippen LogP contribution < -0.4 is 43.4 Å². The number of aliphatic carboxylic acids is 1. The molecule has 1 aliphatic heterocycles. The Balaban J connectivity index is 1.68. The fourth-order valence-electron chi connectivity index (χ4n) is 6.94. The van der Waals surface area contributed by atoms with Gasteiger partial charge in [-0.2, -0.15) is 0 Å². The molecule has 6 atom stereocenters. The van der Waals surface area contributed by atoms with E-state index in [9.17, 15) is 53.1 Å². The zero-order valence-corrected chi connectivity index (χ0v) is 37.1. The summed E-state index contributed by atoms with van der Waals surface area (Å²) in [4.78, 5) is 130. The molecule has 0 spiro atoms. The van der Waals surface area contributed by atoms with Gasteiger partial charge in [0.15, 0.2) is 5.78 Å². The third-order valence-corrected chi connectivity index (χ3v) is 12.4. The van der Waals surface area contributed by atoms with Crippen molar-refractivity contribution < 1.29 is 53.1 Å². The van der Waals surface area contributed by atoms with Gasteiger partial charge in [0.1, 0.15) is 24.2 Å². The second-order valence-corrected chi connectivity index (χ2v) is 17.4. The van der Waals surface area contributed by atoms with Crippen molar-refractivity contribution in [2.45, 2.75) is 113 Å². The molecule has 20 nitrogen and oxygen atoms in total. The van der Waals surface area contributed by atoms with E-state index in [1.165, 1.54) is 36.9 Å². The van der Waals surface area contributed by atoms with E-state index < -0.39 is 115 Å². The number of carboxylic acid groups (broad SMARTS) is 1. The van der Waals surface area contributed by atoms with Crippen LogP contribution in [-0.2, 0) is 60.9 Å². The van der Waals surface area contributed by atoms with E-state index >= 15 is 0 Å². The van der Waals surface area contributed by atoms with E-state index in [0.29, 0.717) is 24.9 Å². The number of ketones is 1. The van der Waals surface area contributed by atoms with Crippen LogP contribution in [0.4, 0.5) is 0 Å². The number of carboxylic acids is 1. The van der Waals surface area contributed by atoms with Crippen molar-refractivity contribution in [1.29, 1.82) is 0 Å². The topological polar surface area (TPSA) is 320 Å². The Morgan fingerprint density at radius 2 is 1.59 bits per heavy atom. The van der Waals surface area contributed by atoms with Gasteiger partial charge in [-0.1, -0.05) is 30.3 Å². The molecule has 0 saturated heterocycles. The van der Waals surface area contributed by atoms with Crippen molar-refractivity contribution in [2.75, 3.05) is 12.3 Å². The standard InChI is InChI=1S/C42H55N9O11S2/c1-23-38(59)49-30(18-25-8-4-3-5-9-25)32(53)19-26(11-13-34(43)54)39(60)50-31(37(44)58)22-64-42-27-15-17-63-33(27)21-51(42)16-7-6-10-28(47-24(2)52)40(61)45-20-35(55)48-29(41(62)46-23)12-14-36(56)57/h3-5,8-9,15,17,21,23,26,28-31H,6-7,10-14,16,18-20,22H2,1-2H3,(H2,43,54)(H2,44,58)(H,45,61)(H,46,62)(H,47,52)(H,48,55)(H,49,59)(H,50,60)(H,56,57)/t23-,26+,28-,29-,30-,31-/m0/s1. The number of aromatic nitrogens is 1. The van der Waals surface area contributed by atoms with Gasteiger partial charge in [-0.15, -0.1) is 23.1 Å². The molecule has 11 N–H and O–H groups in total. The lowest BCUT2D eigenvalue weighted by Gasteiger charge is -2.25. The summed E-state index contributed by atoms with van der Waals surface area (Å²) in [5.41, 5.74) is 11.9. The van der Waals surface area contributed by atoms with Crippen molar-refractivity contribution in [3.8, 4) is 0 Å². The van der Waals surface area contributed by atoms with Gasteiger partial charge in [0.2, 0.25) is 47.3 Å². The second-order valence-electron chi connectivity index (χ2n) is 15.5. The lowest BCUT2D eigenvalue weighted by atomic mass is 9.90. The van der Waals surface area contributed by atoms with E-state index in [0.717, 1.165) is 15.1 Å². The van der Waals surface area contributed by atoms with E-state index in [-0.39, 0.29) is 37.9 Å². The zero-order chi connectivity index (χ0) is 46.9. The maximum absolute atomic E-state index is 14.1. The number of Topliss-reactive ketones (excluding diaryl/α,β-unsaturated/α-hetero) is 1. The Labute approximate surface area is 377 Å². The first-order valence-corrected chi connectivity index (χ1v) is 22.6. The number of hydrogen-bond acceptors (Lipinski definition) is 12. The first-order chi connectivity index (χ1) is 30.4. The Hall–Kier alpha value is -6.29. The summed E-state index contributed by atoms with van der Waals surface area (Å²) in [5.74, 6) is -9.19. The summed E-state index contributed by atoms with van der Waals surface area (Å²) in [6, 6.07) is 4.22. The number of amides is 8. The lowest BCUT2D eigenvalue weighted by molar-refractivity contribution is -0.138. The Bertz CT molecular complexity index is 2200. The van der Waals surface area contributed by atoms with Crippen molar-refractivity contribution >= 4 is 92.2 Å². The van der Waals surface area contributed by atoms with Crippen LogP contribution in [0.15, 0.2) is 53.0 Å². The number of carbonyl (C=O) groups excluding carboxylic acids is 9. The van der Waals surface area contributed by atoms with Crippen molar-refractivity contribution in [3.05, 3.63) is 53.5 Å². The minimum absolute atomic E-state index is 0.00165. The summed E-state index contributed by atoms with van der Waals surface area (Å²) >= 11 is 2.77. The van der Waals surface area contributed by atoms with Gasteiger partial charge in [0, 0.05) is 56.0 Å². The summed E-state index contributed by atoms with van der Waals surface area (Å²) < 4.78 is 2.93. The monoisotopic (exact) mass is 925 g/mol. The number of nitrogens with two attached hydrogens (primary N) is 2. The zero-order valence-electron chi connectivity index (χ0n) is 35.5. The summed E-state index contributed by atoms with van der Waals surface area (Å²) in [6.45, 7) is 2.38. The summed E-state index contributed by atoms with van der Waals surface area (Å²) in [5, 5.41) is 28.1. The first kappa shape index (κ1) is 50.4. The van der Waals surface area contributed by atoms with Crippen LogP contribution in [0, 0.1) is 5.92 Å². The number of aryl methyl sites for hydroxylation is 1. The number of fused-ring (bicyclic) bond motifs is 3. The molecule has 1 aromatic carbocycles. The summed E-state index contributed by atoms with van der Waals surface area (Å²) in [7, 11) is 0. The van der Waals surface area contributed by atoms with Crippen LogP contribution in [0.1, 0.15) is 70.8 Å². The number of hydrogen-bond donors (Lipinski definition) is 9. The van der Waals surface area contributed by atoms with Crippen molar-refractivity contribution in [2.24, 2.45) is 17.4 Å². The molecule has 0 unspecified atom stereocenters. The van der Waals surface area contributed by atoms with E-state index in [2.05, 4.69) is 31.9 Å². The number of nitrogens with zero attached hydrogens (tertiary/aromatic N) is 1. The molecule has 3 heterocycles. The maximum Gasteiger partial charge on any atom is 0.303 e. The predicted octanol–water partition coefficient (Wildman–Crippen LogP) is -0.00750. The second kappa shape index (κ2) is 24.5. The van der Waals surface area contributed by atoms with E-state index in [4.69, 9.17) is 11.5 Å². The smallest absolute Gasteiger partial charge is 0.303 e. The largest absolute Gasteiger partial charge is 0.481 e. The van der Waals surface area contributed by atoms with Crippen LogP contribution in [0.2, 0.25) is 0 Å². The molecule has 0 bridgehead atoms. The molecule has 0 fully saturated rings. The normalized spacial score (nSPS) is 23.0. The number of rotatable bonds is 10. The fourth-order valence-corrected chi connectivity index (χ4v) is 9.05. The molecule has 64 heavy (non-hydrogen) atoms.